The summed E-state index contributed by atoms with van der Waals surface area (Å²) in [7, 11) is 1.93. The van der Waals surface area contributed by atoms with Crippen LogP contribution >= 0.6 is 11.3 Å². The summed E-state index contributed by atoms with van der Waals surface area (Å²) in [5.74, 6) is -1.38. The van der Waals surface area contributed by atoms with Gasteiger partial charge in [0.1, 0.15) is 23.4 Å². The average Bonchev–Trinajstić information content (AvgIpc) is 3.41. The number of hydrogen-bond acceptors (Lipinski definition) is 14. The number of Topliss-reactive ketones (excluding diaryl/α,β-unsaturated/α-hetero) is 1. The first-order valence-electron chi connectivity index (χ1n) is 30.7. The third-order valence-electron chi connectivity index (χ3n) is 16.5. The number of nitrogens with one attached hydrogen (secondary N) is 4. The maximum atomic E-state index is 15.0. The van der Waals surface area contributed by atoms with E-state index in [0.29, 0.717) is 73.2 Å². The normalized spacial score (nSPS) is 16.0. The lowest BCUT2D eigenvalue weighted by atomic mass is 9.83. The number of aromatic nitrogens is 1. The van der Waals surface area contributed by atoms with Crippen molar-refractivity contribution in [3.05, 3.63) is 86.9 Å². The number of urea groups is 1. The second kappa shape index (κ2) is 35.6. The number of ether oxygens (including phenoxy) is 2. The molecule has 1 aromatic heterocycles. The van der Waals surface area contributed by atoms with E-state index in [1.165, 1.54) is 6.92 Å². The standard InChI is InChI=1S/C66H96N8O12S/c1-13-15-16-18-33-74(63(81)58(43(7)14-2)72-61(80)53-22-17-19-32-73(53)12)54(42(5)6)37-56(86-45(9)75)62-71-52(40-87-62)60(79)69-50(38-66(10,11)64(82)83)34-46-23-25-48(26-24-46)36-57(77)85-39-49-29-27-47(28-30-49)35-55(76)51(21-20-31-68-65(67)84)70-59(78)44(8)41(3)4/h1,23-30,40-44,50-51,53-54,56,58H,14-22,31-39H2,2-12H3,(H,69,79)(H,70,78)(H,72,80)(H,82,83)(H3,67,68,84)/t43-,44-,50-,51-,53+,54+,56+,58-/m0/s1. The van der Waals surface area contributed by atoms with Crippen molar-refractivity contribution in [1.82, 2.24) is 36.1 Å². The van der Waals surface area contributed by atoms with E-state index < -0.39 is 65.5 Å². The van der Waals surface area contributed by atoms with E-state index in [-0.39, 0.29) is 104 Å². The number of piperidine rings is 1. The third kappa shape index (κ3) is 23.8. The first kappa shape index (κ1) is 72.3. The van der Waals surface area contributed by atoms with Crippen molar-refractivity contribution in [3.63, 3.8) is 0 Å². The number of unbranched alkanes of at least 4 members (excludes halogenated alkanes) is 2. The maximum absolute atomic E-state index is 15.0. The zero-order chi connectivity index (χ0) is 64.5. The Labute approximate surface area is 519 Å². The Hall–Kier alpha value is -7.18. The molecule has 0 radical (unpaired) electrons. The number of primary amides is 1. The SMILES string of the molecule is C#CCCCCN(C(=O)[C@@H](NC(=O)[C@H]1CCCCN1C)[C@@H](C)CC)[C@H](C[C@@H](OC(C)=O)c1nc(C(=O)N[C@@H](Cc2ccc(CC(=O)OCc3ccc(CC(=O)[C@H](CCCNC(N)=O)NC(=O)[C@@H](C)C(C)C)cc3)cc2)CC(C)(C)C(=O)O)cs1)C(C)C. The van der Waals surface area contributed by atoms with Gasteiger partial charge in [0.2, 0.25) is 17.7 Å². The molecular formula is C66H96N8O12S. The highest BCUT2D eigenvalue weighted by Crippen LogP contribution is 2.33. The topological polar surface area (TPSA) is 286 Å². The molecule has 87 heavy (non-hydrogen) atoms. The molecule has 0 unspecified atom stereocenters. The van der Waals surface area contributed by atoms with Gasteiger partial charge in [-0.15, -0.1) is 23.7 Å². The number of terminal acetylenes is 1. The van der Waals surface area contributed by atoms with Crippen LogP contribution in [0.1, 0.15) is 184 Å². The van der Waals surface area contributed by atoms with Crippen molar-refractivity contribution >= 4 is 64.7 Å². The number of ketones is 1. The second-order valence-electron chi connectivity index (χ2n) is 24.7. The molecule has 7 N–H and O–H groups in total. The molecule has 2 heterocycles. The van der Waals surface area contributed by atoms with Crippen LogP contribution in [-0.4, -0.2) is 130 Å². The van der Waals surface area contributed by atoms with Gasteiger partial charge in [0.05, 0.1) is 23.9 Å². The molecule has 0 bridgehead atoms. The van der Waals surface area contributed by atoms with Crippen LogP contribution in [0.15, 0.2) is 53.9 Å². The van der Waals surface area contributed by atoms with Crippen molar-refractivity contribution in [1.29, 1.82) is 0 Å². The molecule has 3 aromatic rings. The van der Waals surface area contributed by atoms with Crippen LogP contribution in [0.2, 0.25) is 0 Å². The minimum Gasteiger partial charge on any atom is -0.481 e. The summed E-state index contributed by atoms with van der Waals surface area (Å²) in [6.45, 7) is 19.4. The van der Waals surface area contributed by atoms with Crippen LogP contribution in [0.25, 0.3) is 0 Å². The zero-order valence-corrected chi connectivity index (χ0v) is 53.9. The molecule has 1 fully saturated rings. The Morgan fingerprint density at radius 1 is 0.874 bits per heavy atom. The molecule has 8 atom stereocenters. The Morgan fingerprint density at radius 3 is 2.10 bits per heavy atom. The van der Waals surface area contributed by atoms with Gasteiger partial charge in [0.15, 0.2) is 11.9 Å². The van der Waals surface area contributed by atoms with E-state index in [0.717, 1.165) is 36.3 Å². The van der Waals surface area contributed by atoms with Gasteiger partial charge in [-0.2, -0.15) is 0 Å². The number of carboxylic acids is 1. The van der Waals surface area contributed by atoms with Gasteiger partial charge >= 0.3 is 23.9 Å². The lowest BCUT2D eigenvalue weighted by Gasteiger charge is -2.40. The van der Waals surface area contributed by atoms with Crippen molar-refractivity contribution in [2.45, 2.75) is 202 Å². The van der Waals surface area contributed by atoms with E-state index in [1.807, 2.05) is 72.5 Å². The summed E-state index contributed by atoms with van der Waals surface area (Å²) >= 11 is 1.13. The Morgan fingerprint density at radius 2 is 1.52 bits per heavy atom. The maximum Gasteiger partial charge on any atom is 0.312 e. The van der Waals surface area contributed by atoms with Gasteiger partial charge in [-0.1, -0.05) is 110 Å². The predicted molar refractivity (Wildman–Crippen MR) is 335 cm³/mol. The molecule has 478 valence electrons. The molecule has 0 aliphatic carbocycles. The third-order valence-corrected chi connectivity index (χ3v) is 17.4. The van der Waals surface area contributed by atoms with Gasteiger partial charge in [-0.3, -0.25) is 43.3 Å². The van der Waals surface area contributed by atoms with Crippen LogP contribution in [-0.2, 0) is 68.9 Å². The molecule has 20 nitrogen and oxygen atoms in total. The van der Waals surface area contributed by atoms with Crippen LogP contribution in [0.4, 0.5) is 4.79 Å². The Bertz CT molecular complexity index is 2810. The fourth-order valence-electron chi connectivity index (χ4n) is 10.5. The highest BCUT2D eigenvalue weighted by molar-refractivity contribution is 7.09. The highest BCUT2D eigenvalue weighted by atomic mass is 32.1. The minimum absolute atomic E-state index is 0.0126. The van der Waals surface area contributed by atoms with Gasteiger partial charge in [-0.25, -0.2) is 9.78 Å². The number of carboxylic acid groups (broad SMARTS) is 1. The Balaban J connectivity index is 1.46. The average molecular weight is 1230 g/mol. The molecule has 0 spiro atoms. The summed E-state index contributed by atoms with van der Waals surface area (Å²) in [6.07, 6.45) is 10.9. The molecule has 0 saturated carbocycles. The van der Waals surface area contributed by atoms with Gasteiger partial charge in [0.25, 0.3) is 5.91 Å². The largest absolute Gasteiger partial charge is 0.481 e. The number of carbonyl (C=O) groups is 9. The summed E-state index contributed by atoms with van der Waals surface area (Å²) < 4.78 is 11.6. The fraction of sp³-hybridized carbons (Fsp3) is 0.606. The molecule has 1 saturated heterocycles. The summed E-state index contributed by atoms with van der Waals surface area (Å²) in [4.78, 5) is 127. The number of likely N-dealkylation sites (tertiary alicyclic amines) is 1. The van der Waals surface area contributed by atoms with Crippen molar-refractivity contribution in [3.8, 4) is 12.3 Å². The van der Waals surface area contributed by atoms with Gasteiger partial charge in [0, 0.05) is 62.7 Å². The molecule has 1 aliphatic heterocycles. The highest BCUT2D eigenvalue weighted by Gasteiger charge is 2.39. The van der Waals surface area contributed by atoms with Crippen LogP contribution in [0.3, 0.4) is 0 Å². The number of hydrogen-bond donors (Lipinski definition) is 6. The number of thiazole rings is 1. The molecule has 2 aromatic carbocycles. The van der Waals surface area contributed by atoms with E-state index in [1.54, 1.807) is 60.5 Å². The van der Waals surface area contributed by atoms with E-state index in [9.17, 15) is 43.5 Å². The van der Waals surface area contributed by atoms with E-state index in [2.05, 4.69) is 27.2 Å². The first-order valence-corrected chi connectivity index (χ1v) is 31.6. The number of esters is 2. The predicted octanol–water partition coefficient (Wildman–Crippen LogP) is 8.27. The number of nitrogens with two attached hydrogens (primary N) is 1. The number of likely N-dealkylation sites (N-methyl/N-ethyl adjacent to an activating group) is 1. The van der Waals surface area contributed by atoms with Crippen molar-refractivity contribution in [2.24, 2.45) is 34.8 Å². The molecule has 21 heteroatoms. The van der Waals surface area contributed by atoms with Crippen molar-refractivity contribution in [2.75, 3.05) is 26.7 Å². The molecule has 4 rings (SSSR count). The monoisotopic (exact) mass is 1220 g/mol. The van der Waals surface area contributed by atoms with Gasteiger partial charge in [-0.05, 0) is 119 Å². The lowest BCUT2D eigenvalue weighted by Crippen LogP contribution is -2.59. The van der Waals surface area contributed by atoms with E-state index in [4.69, 9.17) is 26.6 Å². The lowest BCUT2D eigenvalue weighted by molar-refractivity contribution is -0.150. The Kier molecular flexibility index (Phi) is 29.6. The summed E-state index contributed by atoms with van der Waals surface area (Å²) in [6, 6.07) is 10.5. The number of rotatable bonds is 36. The van der Waals surface area contributed by atoms with Crippen LogP contribution in [0, 0.1) is 41.4 Å². The van der Waals surface area contributed by atoms with Gasteiger partial charge < -0.3 is 46.5 Å². The smallest absolute Gasteiger partial charge is 0.312 e. The first-order chi connectivity index (χ1) is 41.1. The van der Waals surface area contributed by atoms with Crippen molar-refractivity contribution < 1.29 is 57.7 Å². The minimum atomic E-state index is -1.24. The van der Waals surface area contributed by atoms with E-state index >= 15 is 4.79 Å². The number of amides is 6. The van der Waals surface area contributed by atoms with Crippen LogP contribution < -0.4 is 27.0 Å². The van der Waals surface area contributed by atoms with Crippen LogP contribution in [0.5, 0.6) is 0 Å². The second-order valence-corrected chi connectivity index (χ2v) is 25.6. The molecular weight excluding hydrogens is 1130 g/mol. The quantitative estimate of drug-likeness (QED) is 0.0182. The number of nitrogens with zero attached hydrogens (tertiary/aromatic N) is 3. The summed E-state index contributed by atoms with van der Waals surface area (Å²) in [5, 5.41) is 23.6. The number of aliphatic carboxylic acids is 1. The number of carbonyl (C=O) groups excluding carboxylic acids is 8. The molecule has 1 aliphatic rings. The fourth-order valence-corrected chi connectivity index (χ4v) is 11.3. The zero-order valence-electron chi connectivity index (χ0n) is 53.0. The summed E-state index contributed by atoms with van der Waals surface area (Å²) in [5.41, 5.74) is 6.82. The molecule has 6 amide bonds. The number of benzene rings is 2.